The van der Waals surface area contributed by atoms with E-state index in [9.17, 15) is 18.0 Å². The number of carbonyl (C=O) groups is 1. The van der Waals surface area contributed by atoms with E-state index in [-0.39, 0.29) is 11.3 Å². The lowest BCUT2D eigenvalue weighted by atomic mass is 10.1. The molecule has 1 atom stereocenters. The predicted octanol–water partition coefficient (Wildman–Crippen LogP) is 1.71. The maximum absolute atomic E-state index is 12.8. The maximum atomic E-state index is 12.8. The van der Waals surface area contributed by atoms with Crippen molar-refractivity contribution in [1.82, 2.24) is 9.55 Å². The molecule has 0 spiro atoms. The number of benzene rings is 1. The fourth-order valence-corrected chi connectivity index (χ4v) is 4.96. The van der Waals surface area contributed by atoms with Crippen LogP contribution >= 0.6 is 11.3 Å². The zero-order valence-electron chi connectivity index (χ0n) is 13.3. The standard InChI is InChI=1S/C17H13N3O4S2/c18-15(21)13-7-10-1-2-11(16-19-4-5-25-16)8-14(10)20(17(13)22)12-3-6-26(23,24)9-12/h1-8,12H,9H2,(H2,18,21). The van der Waals surface area contributed by atoms with Gasteiger partial charge in [-0.1, -0.05) is 12.1 Å². The quantitative estimate of drug-likeness (QED) is 0.735. The number of sulfone groups is 1. The summed E-state index contributed by atoms with van der Waals surface area (Å²) in [5.41, 5.74) is 5.89. The van der Waals surface area contributed by atoms with Gasteiger partial charge in [-0.2, -0.15) is 0 Å². The molecule has 9 heteroatoms. The molecular weight excluding hydrogens is 374 g/mol. The second kappa shape index (κ2) is 5.89. The summed E-state index contributed by atoms with van der Waals surface area (Å²) in [4.78, 5) is 28.8. The first-order valence-electron chi connectivity index (χ1n) is 7.66. The topological polar surface area (TPSA) is 112 Å². The zero-order valence-corrected chi connectivity index (χ0v) is 15.0. The van der Waals surface area contributed by atoms with Crippen LogP contribution in [0.1, 0.15) is 16.4 Å². The molecule has 7 nitrogen and oxygen atoms in total. The van der Waals surface area contributed by atoms with Crippen molar-refractivity contribution in [1.29, 1.82) is 0 Å². The number of nitrogens with two attached hydrogens (primary N) is 1. The second-order valence-corrected chi connectivity index (χ2v) is 8.76. The molecule has 2 N–H and O–H groups in total. The van der Waals surface area contributed by atoms with Crippen molar-refractivity contribution in [2.45, 2.75) is 6.04 Å². The molecule has 1 aliphatic rings. The SMILES string of the molecule is NC(=O)c1cc2ccc(-c3nccs3)cc2n(C2C=CS(=O)(=O)C2)c1=O. The lowest BCUT2D eigenvalue weighted by Crippen LogP contribution is -2.32. The molecule has 2 aromatic heterocycles. The van der Waals surface area contributed by atoms with Gasteiger partial charge in [0.2, 0.25) is 0 Å². The molecule has 3 heterocycles. The van der Waals surface area contributed by atoms with E-state index < -0.39 is 27.3 Å². The molecule has 1 aromatic carbocycles. The van der Waals surface area contributed by atoms with Crippen LogP contribution in [0.3, 0.4) is 0 Å². The highest BCUT2D eigenvalue weighted by molar-refractivity contribution is 7.94. The first kappa shape index (κ1) is 16.7. The van der Waals surface area contributed by atoms with E-state index in [1.807, 2.05) is 11.4 Å². The van der Waals surface area contributed by atoms with Crippen LogP contribution in [-0.2, 0) is 9.84 Å². The van der Waals surface area contributed by atoms with Gasteiger partial charge in [-0.3, -0.25) is 14.2 Å². The van der Waals surface area contributed by atoms with E-state index in [0.29, 0.717) is 10.9 Å². The van der Waals surface area contributed by atoms with Crippen LogP contribution in [0.25, 0.3) is 21.5 Å². The molecule has 0 bridgehead atoms. The average molecular weight is 387 g/mol. The Labute approximate surface area is 152 Å². The monoisotopic (exact) mass is 387 g/mol. The highest BCUT2D eigenvalue weighted by Gasteiger charge is 2.27. The number of amides is 1. The fraction of sp³-hybridized carbons (Fsp3) is 0.118. The lowest BCUT2D eigenvalue weighted by molar-refractivity contribution is 0.0998. The summed E-state index contributed by atoms with van der Waals surface area (Å²) >= 11 is 1.45. The maximum Gasteiger partial charge on any atom is 0.264 e. The predicted molar refractivity (Wildman–Crippen MR) is 99.8 cm³/mol. The highest BCUT2D eigenvalue weighted by Crippen LogP contribution is 2.29. The fourth-order valence-electron chi connectivity index (χ4n) is 3.06. The second-order valence-electron chi connectivity index (χ2n) is 5.93. The first-order valence-corrected chi connectivity index (χ1v) is 10.3. The molecule has 132 valence electrons. The van der Waals surface area contributed by atoms with Gasteiger partial charge in [0.1, 0.15) is 10.6 Å². The van der Waals surface area contributed by atoms with E-state index in [0.717, 1.165) is 16.0 Å². The van der Waals surface area contributed by atoms with Gasteiger partial charge in [-0.05, 0) is 23.6 Å². The minimum Gasteiger partial charge on any atom is -0.365 e. The zero-order chi connectivity index (χ0) is 18.5. The smallest absolute Gasteiger partial charge is 0.264 e. The van der Waals surface area contributed by atoms with Gasteiger partial charge < -0.3 is 5.73 Å². The summed E-state index contributed by atoms with van der Waals surface area (Å²) in [7, 11) is -3.38. The van der Waals surface area contributed by atoms with Crippen LogP contribution in [-0.4, -0.2) is 29.6 Å². The van der Waals surface area contributed by atoms with E-state index in [1.54, 1.807) is 18.3 Å². The van der Waals surface area contributed by atoms with Gasteiger partial charge in [0.25, 0.3) is 11.5 Å². The van der Waals surface area contributed by atoms with Crippen LogP contribution in [0.2, 0.25) is 0 Å². The van der Waals surface area contributed by atoms with Gasteiger partial charge in [0, 0.05) is 22.5 Å². The Morgan fingerprint density at radius 3 is 2.73 bits per heavy atom. The third kappa shape index (κ3) is 2.74. The largest absolute Gasteiger partial charge is 0.365 e. The summed E-state index contributed by atoms with van der Waals surface area (Å²) in [6.07, 6.45) is 3.14. The number of carbonyl (C=O) groups excluding carboxylic acids is 1. The summed E-state index contributed by atoms with van der Waals surface area (Å²) in [6, 6.07) is 6.12. The van der Waals surface area contributed by atoms with Crippen LogP contribution in [0, 0.1) is 0 Å². The number of primary amides is 1. The molecule has 0 fully saturated rings. The minimum atomic E-state index is -3.38. The summed E-state index contributed by atoms with van der Waals surface area (Å²) in [5.74, 6) is -1.08. The number of hydrogen-bond donors (Lipinski definition) is 1. The average Bonchev–Trinajstić information content (AvgIpc) is 3.23. The Bertz CT molecular complexity index is 1220. The Morgan fingerprint density at radius 1 is 1.31 bits per heavy atom. The van der Waals surface area contributed by atoms with Crippen molar-refractivity contribution in [3.63, 3.8) is 0 Å². The van der Waals surface area contributed by atoms with E-state index in [4.69, 9.17) is 5.73 Å². The van der Waals surface area contributed by atoms with Gasteiger partial charge >= 0.3 is 0 Å². The molecule has 1 unspecified atom stereocenters. The first-order chi connectivity index (χ1) is 12.4. The number of thiazole rings is 1. The molecule has 1 aliphatic heterocycles. The normalized spacial score (nSPS) is 18.4. The number of aromatic nitrogens is 2. The Morgan fingerprint density at radius 2 is 2.12 bits per heavy atom. The summed E-state index contributed by atoms with van der Waals surface area (Å²) < 4.78 is 25.0. The van der Waals surface area contributed by atoms with Crippen LogP contribution in [0.15, 0.2) is 52.1 Å². The van der Waals surface area contributed by atoms with Crippen molar-refractivity contribution < 1.29 is 13.2 Å². The van der Waals surface area contributed by atoms with Crippen molar-refractivity contribution in [2.24, 2.45) is 5.73 Å². The third-order valence-electron chi connectivity index (χ3n) is 4.23. The molecule has 4 rings (SSSR count). The molecule has 26 heavy (non-hydrogen) atoms. The van der Waals surface area contributed by atoms with E-state index in [2.05, 4.69) is 4.98 Å². The van der Waals surface area contributed by atoms with E-state index in [1.165, 1.54) is 28.0 Å². The number of rotatable bonds is 3. The van der Waals surface area contributed by atoms with E-state index >= 15 is 0 Å². The molecule has 1 amide bonds. The van der Waals surface area contributed by atoms with Crippen LogP contribution < -0.4 is 11.3 Å². The lowest BCUT2D eigenvalue weighted by Gasteiger charge is -2.17. The summed E-state index contributed by atoms with van der Waals surface area (Å²) in [6.45, 7) is 0. The van der Waals surface area contributed by atoms with Gasteiger partial charge in [-0.15, -0.1) is 11.3 Å². The number of fused-ring (bicyclic) bond motifs is 1. The Hall–Kier alpha value is -2.78. The van der Waals surface area contributed by atoms with Crippen molar-refractivity contribution in [3.8, 4) is 10.6 Å². The highest BCUT2D eigenvalue weighted by atomic mass is 32.2. The van der Waals surface area contributed by atoms with Crippen molar-refractivity contribution in [3.05, 3.63) is 63.2 Å². The molecule has 3 aromatic rings. The van der Waals surface area contributed by atoms with Gasteiger partial charge in [0.05, 0.1) is 17.3 Å². The number of pyridine rings is 1. The molecule has 0 radical (unpaired) electrons. The number of hydrogen-bond acceptors (Lipinski definition) is 6. The number of allylic oxidation sites excluding steroid dienone is 1. The number of nitrogens with zero attached hydrogens (tertiary/aromatic N) is 2. The Balaban J connectivity index is 2.03. The molecular formula is C17H13N3O4S2. The van der Waals surface area contributed by atoms with Crippen molar-refractivity contribution >= 4 is 38.0 Å². The molecule has 0 saturated heterocycles. The minimum absolute atomic E-state index is 0.169. The van der Waals surface area contributed by atoms with Gasteiger partial charge in [0.15, 0.2) is 9.84 Å². The van der Waals surface area contributed by atoms with Crippen LogP contribution in [0.4, 0.5) is 0 Å². The molecule has 0 saturated carbocycles. The van der Waals surface area contributed by atoms with Crippen LogP contribution in [0.5, 0.6) is 0 Å². The molecule has 0 aliphatic carbocycles. The third-order valence-corrected chi connectivity index (χ3v) is 6.43. The van der Waals surface area contributed by atoms with Gasteiger partial charge in [-0.25, -0.2) is 13.4 Å². The van der Waals surface area contributed by atoms with Crippen molar-refractivity contribution in [2.75, 3.05) is 5.75 Å². The Kier molecular flexibility index (Phi) is 3.78. The summed E-state index contributed by atoms with van der Waals surface area (Å²) in [5, 5.41) is 4.34.